The normalized spacial score (nSPS) is 10.6. The van der Waals surface area contributed by atoms with Gasteiger partial charge in [-0.25, -0.2) is 4.98 Å². The highest BCUT2D eigenvalue weighted by Gasteiger charge is 2.13. The van der Waals surface area contributed by atoms with E-state index in [9.17, 15) is 20.2 Å². The van der Waals surface area contributed by atoms with Crippen molar-refractivity contribution < 1.29 is 14.3 Å². The molecular formula is C10H7N5O5. The second-order valence-electron chi connectivity index (χ2n) is 3.43. The fourth-order valence-corrected chi connectivity index (χ4v) is 1.30. The Balaban J connectivity index is 2.10. The summed E-state index contributed by atoms with van der Waals surface area (Å²) in [5, 5.41) is 24.8. The summed E-state index contributed by atoms with van der Waals surface area (Å²) in [5.41, 5.74) is 2.13. The molecule has 0 radical (unpaired) electrons. The van der Waals surface area contributed by atoms with E-state index < -0.39 is 15.7 Å². The number of nitrogens with zero attached hydrogens (tertiary/aromatic N) is 4. The molecule has 102 valence electrons. The first kappa shape index (κ1) is 13.1. The van der Waals surface area contributed by atoms with Crippen LogP contribution in [0.3, 0.4) is 0 Å². The highest BCUT2D eigenvalue weighted by Crippen LogP contribution is 2.20. The van der Waals surface area contributed by atoms with Crippen LogP contribution in [-0.2, 0) is 0 Å². The van der Waals surface area contributed by atoms with E-state index in [1.807, 2.05) is 0 Å². The molecule has 0 saturated carbocycles. The summed E-state index contributed by atoms with van der Waals surface area (Å²) in [6, 6.07) is 5.20. The Labute approximate surface area is 111 Å². The van der Waals surface area contributed by atoms with Crippen molar-refractivity contribution in [3.8, 4) is 0 Å². The molecule has 0 aliphatic heterocycles. The lowest BCUT2D eigenvalue weighted by atomic mass is 10.4. The van der Waals surface area contributed by atoms with Gasteiger partial charge in [0.15, 0.2) is 5.76 Å². The van der Waals surface area contributed by atoms with Crippen molar-refractivity contribution in [2.24, 2.45) is 5.10 Å². The number of aromatic nitrogens is 1. The van der Waals surface area contributed by atoms with Crippen molar-refractivity contribution in [2.45, 2.75) is 0 Å². The number of hydrogen-bond acceptors (Lipinski definition) is 8. The minimum absolute atomic E-state index is 0.0465. The van der Waals surface area contributed by atoms with Crippen LogP contribution in [0.5, 0.6) is 0 Å². The topological polar surface area (TPSA) is 137 Å². The van der Waals surface area contributed by atoms with Crippen molar-refractivity contribution in [3.05, 3.63) is 56.5 Å². The average Bonchev–Trinajstić information content (AvgIpc) is 2.88. The lowest BCUT2D eigenvalue weighted by molar-refractivity contribution is -0.402. The Hall–Kier alpha value is -3.30. The molecule has 2 heterocycles. The van der Waals surface area contributed by atoms with Crippen molar-refractivity contribution in [2.75, 3.05) is 5.43 Å². The molecule has 0 atom stereocenters. The zero-order valence-electron chi connectivity index (χ0n) is 9.79. The number of hydrazone groups is 1. The van der Waals surface area contributed by atoms with Crippen molar-refractivity contribution in [3.63, 3.8) is 0 Å². The third-order valence-corrected chi connectivity index (χ3v) is 2.14. The fraction of sp³-hybridized carbons (Fsp3) is 0. The van der Waals surface area contributed by atoms with E-state index in [1.54, 1.807) is 0 Å². The van der Waals surface area contributed by atoms with Gasteiger partial charge < -0.3 is 4.42 Å². The molecule has 2 rings (SSSR count). The summed E-state index contributed by atoms with van der Waals surface area (Å²) in [7, 11) is 0. The zero-order chi connectivity index (χ0) is 14.5. The molecule has 2 aromatic rings. The molecule has 0 aliphatic rings. The van der Waals surface area contributed by atoms with E-state index in [2.05, 4.69) is 15.5 Å². The first-order chi connectivity index (χ1) is 9.58. The lowest BCUT2D eigenvalue weighted by Crippen LogP contribution is -1.98. The molecule has 10 heteroatoms. The van der Waals surface area contributed by atoms with Crippen LogP contribution >= 0.6 is 0 Å². The minimum Gasteiger partial charge on any atom is -0.400 e. The number of nitrogens with one attached hydrogen (secondary N) is 1. The second kappa shape index (κ2) is 5.56. The Morgan fingerprint density at radius 2 is 2.05 bits per heavy atom. The van der Waals surface area contributed by atoms with Crippen LogP contribution < -0.4 is 5.43 Å². The smallest absolute Gasteiger partial charge is 0.400 e. The molecule has 0 spiro atoms. The number of rotatable bonds is 5. The molecule has 0 bridgehead atoms. The summed E-state index contributed by atoms with van der Waals surface area (Å²) in [5.74, 6) is -0.340. The van der Waals surface area contributed by atoms with E-state index in [4.69, 9.17) is 4.42 Å². The van der Waals surface area contributed by atoms with E-state index in [-0.39, 0.29) is 17.3 Å². The highest BCUT2D eigenvalue weighted by molar-refractivity contribution is 5.77. The van der Waals surface area contributed by atoms with Gasteiger partial charge in [0.05, 0.1) is 17.2 Å². The Bertz CT molecular complexity index is 680. The van der Waals surface area contributed by atoms with Crippen molar-refractivity contribution in [1.29, 1.82) is 0 Å². The molecule has 20 heavy (non-hydrogen) atoms. The van der Waals surface area contributed by atoms with E-state index in [0.29, 0.717) is 0 Å². The number of hydrogen-bond donors (Lipinski definition) is 1. The third-order valence-electron chi connectivity index (χ3n) is 2.14. The van der Waals surface area contributed by atoms with E-state index >= 15 is 0 Å². The molecule has 0 aliphatic carbocycles. The number of furan rings is 1. The first-order valence-corrected chi connectivity index (χ1v) is 5.20. The van der Waals surface area contributed by atoms with Crippen molar-refractivity contribution in [1.82, 2.24) is 4.98 Å². The maximum Gasteiger partial charge on any atom is 0.433 e. The van der Waals surface area contributed by atoms with Gasteiger partial charge in [-0.15, -0.1) is 0 Å². The molecule has 2 aromatic heterocycles. The van der Waals surface area contributed by atoms with Crippen LogP contribution in [0.25, 0.3) is 0 Å². The van der Waals surface area contributed by atoms with Gasteiger partial charge in [-0.3, -0.25) is 25.7 Å². The summed E-state index contributed by atoms with van der Waals surface area (Å²) in [6.07, 6.45) is 2.51. The van der Waals surface area contributed by atoms with E-state index in [0.717, 1.165) is 6.21 Å². The summed E-state index contributed by atoms with van der Waals surface area (Å²) in [6.45, 7) is 0. The lowest BCUT2D eigenvalue weighted by Gasteiger charge is -1.98. The average molecular weight is 277 g/mol. The van der Waals surface area contributed by atoms with Crippen LogP contribution in [-0.4, -0.2) is 21.0 Å². The molecule has 0 unspecified atom stereocenters. The van der Waals surface area contributed by atoms with Gasteiger partial charge in [-0.05, 0) is 12.1 Å². The van der Waals surface area contributed by atoms with Crippen molar-refractivity contribution >= 4 is 23.6 Å². The fourth-order valence-electron chi connectivity index (χ4n) is 1.30. The van der Waals surface area contributed by atoms with E-state index in [1.165, 1.54) is 30.5 Å². The molecular weight excluding hydrogens is 270 g/mol. The zero-order valence-corrected chi connectivity index (χ0v) is 9.79. The van der Waals surface area contributed by atoms with Crippen LogP contribution in [0.2, 0.25) is 0 Å². The van der Waals surface area contributed by atoms with Gasteiger partial charge >= 0.3 is 11.6 Å². The molecule has 0 aromatic carbocycles. The number of nitro groups is 2. The maximum absolute atomic E-state index is 10.7. The van der Waals surface area contributed by atoms with Crippen LogP contribution in [0.4, 0.5) is 17.4 Å². The SMILES string of the molecule is O=[N+]([O-])c1ccc(/C=N\Nc2ncccc2[N+](=O)[O-])o1. The molecule has 0 saturated heterocycles. The largest absolute Gasteiger partial charge is 0.433 e. The Morgan fingerprint density at radius 3 is 2.70 bits per heavy atom. The standard InChI is InChI=1S/C10H7N5O5/c16-14(17)8-2-1-5-11-10(8)13-12-6-7-3-4-9(20-7)15(18)19/h1-6H,(H,11,13)/b12-6-. The van der Waals surface area contributed by atoms with Crippen LogP contribution in [0.15, 0.2) is 40.0 Å². The minimum atomic E-state index is -0.686. The molecule has 0 amide bonds. The van der Waals surface area contributed by atoms with Crippen LogP contribution in [0.1, 0.15) is 5.76 Å². The first-order valence-electron chi connectivity index (χ1n) is 5.20. The van der Waals surface area contributed by atoms with Crippen LogP contribution in [0, 0.1) is 20.2 Å². The summed E-state index contributed by atoms with van der Waals surface area (Å²) in [4.78, 5) is 23.6. The van der Waals surface area contributed by atoms with Gasteiger partial charge in [0, 0.05) is 12.3 Å². The quantitative estimate of drug-likeness (QED) is 0.500. The number of pyridine rings is 1. The Morgan fingerprint density at radius 1 is 1.25 bits per heavy atom. The van der Waals surface area contributed by atoms with Gasteiger partial charge in [0.2, 0.25) is 5.82 Å². The summed E-state index contributed by atoms with van der Waals surface area (Å²) < 4.78 is 4.82. The predicted octanol–water partition coefficient (Wildman–Crippen LogP) is 1.94. The van der Waals surface area contributed by atoms with Gasteiger partial charge in [0.1, 0.15) is 4.92 Å². The number of anilines is 1. The van der Waals surface area contributed by atoms with Gasteiger partial charge in [-0.2, -0.15) is 5.10 Å². The van der Waals surface area contributed by atoms with Gasteiger partial charge in [-0.1, -0.05) is 0 Å². The third kappa shape index (κ3) is 2.93. The monoisotopic (exact) mass is 277 g/mol. The highest BCUT2D eigenvalue weighted by atomic mass is 16.6. The summed E-state index contributed by atoms with van der Waals surface area (Å²) >= 11 is 0. The Kier molecular flexibility index (Phi) is 3.65. The molecule has 1 N–H and O–H groups in total. The maximum atomic E-state index is 10.7. The molecule has 0 fully saturated rings. The second-order valence-corrected chi connectivity index (χ2v) is 3.43. The van der Waals surface area contributed by atoms with Gasteiger partial charge in [0.25, 0.3) is 0 Å². The molecule has 10 nitrogen and oxygen atoms in total. The predicted molar refractivity (Wildman–Crippen MR) is 67.5 cm³/mol.